The molecule has 7 nitrogen and oxygen atoms in total. The summed E-state index contributed by atoms with van der Waals surface area (Å²) >= 11 is 1.32. The maximum absolute atomic E-state index is 13.8. The highest BCUT2D eigenvalue weighted by Crippen LogP contribution is 2.31. The molecule has 4 aromatic rings. The zero-order valence-corrected chi connectivity index (χ0v) is 22.5. The van der Waals surface area contributed by atoms with E-state index in [9.17, 15) is 9.59 Å². The highest BCUT2D eigenvalue weighted by molar-refractivity contribution is 7.07. The van der Waals surface area contributed by atoms with Crippen molar-refractivity contribution in [3.8, 4) is 5.75 Å². The van der Waals surface area contributed by atoms with E-state index in [1.807, 2.05) is 111 Å². The number of fused-ring (bicyclic) bond motifs is 1. The third kappa shape index (κ3) is 4.90. The number of benzene rings is 3. The van der Waals surface area contributed by atoms with E-state index >= 15 is 0 Å². The molecule has 1 atom stereocenters. The molecule has 0 radical (unpaired) electrons. The zero-order valence-electron chi connectivity index (χ0n) is 21.6. The fraction of sp³-hybridized carbons (Fsp3) is 0.167. The topological polar surface area (TPSA) is 75.9 Å². The van der Waals surface area contributed by atoms with Crippen molar-refractivity contribution in [2.45, 2.75) is 13.0 Å². The molecule has 5 rings (SSSR count). The average molecular weight is 525 g/mol. The van der Waals surface area contributed by atoms with Crippen LogP contribution in [0.15, 0.2) is 99.9 Å². The number of methoxy groups -OCH3 is 1. The van der Waals surface area contributed by atoms with Crippen LogP contribution in [-0.2, 0) is 4.79 Å². The van der Waals surface area contributed by atoms with Gasteiger partial charge in [-0.3, -0.25) is 14.2 Å². The molecule has 1 amide bonds. The summed E-state index contributed by atoms with van der Waals surface area (Å²) in [7, 11) is 5.58. The number of ether oxygens (including phenoxy) is 1. The van der Waals surface area contributed by atoms with Crippen molar-refractivity contribution in [3.63, 3.8) is 0 Å². The van der Waals surface area contributed by atoms with Gasteiger partial charge in [0, 0.05) is 25.5 Å². The fourth-order valence-corrected chi connectivity index (χ4v) is 5.50. The van der Waals surface area contributed by atoms with Gasteiger partial charge in [-0.2, -0.15) is 0 Å². The van der Waals surface area contributed by atoms with E-state index in [0.717, 1.165) is 16.8 Å². The minimum absolute atomic E-state index is 0.191. The number of nitrogens with one attached hydrogen (secondary N) is 1. The zero-order chi connectivity index (χ0) is 26.8. The van der Waals surface area contributed by atoms with Gasteiger partial charge >= 0.3 is 0 Å². The van der Waals surface area contributed by atoms with E-state index in [1.54, 1.807) is 11.7 Å². The number of aromatic nitrogens is 1. The van der Waals surface area contributed by atoms with Crippen molar-refractivity contribution in [1.82, 2.24) is 4.57 Å². The first-order valence-corrected chi connectivity index (χ1v) is 13.0. The Morgan fingerprint density at radius 1 is 1.03 bits per heavy atom. The van der Waals surface area contributed by atoms with Crippen molar-refractivity contribution in [1.29, 1.82) is 0 Å². The van der Waals surface area contributed by atoms with Crippen LogP contribution >= 0.6 is 11.3 Å². The van der Waals surface area contributed by atoms with Crippen molar-refractivity contribution >= 4 is 34.7 Å². The number of nitrogens with zero attached hydrogens (tertiary/aromatic N) is 3. The van der Waals surface area contributed by atoms with Crippen LogP contribution in [0.4, 0.5) is 11.4 Å². The molecule has 1 unspecified atom stereocenters. The summed E-state index contributed by atoms with van der Waals surface area (Å²) in [5.74, 6) is 0.394. The second-order valence-electron chi connectivity index (χ2n) is 9.16. The van der Waals surface area contributed by atoms with Gasteiger partial charge in [0.25, 0.3) is 11.5 Å². The van der Waals surface area contributed by atoms with Crippen LogP contribution in [0, 0.1) is 0 Å². The van der Waals surface area contributed by atoms with Crippen molar-refractivity contribution in [3.05, 3.63) is 121 Å². The number of amides is 1. The van der Waals surface area contributed by atoms with Gasteiger partial charge in [-0.15, -0.1) is 0 Å². The molecule has 8 heteroatoms. The van der Waals surface area contributed by atoms with Gasteiger partial charge in [-0.25, -0.2) is 4.99 Å². The largest absolute Gasteiger partial charge is 0.497 e. The fourth-order valence-electron chi connectivity index (χ4n) is 4.45. The molecule has 0 bridgehead atoms. The van der Waals surface area contributed by atoms with Crippen LogP contribution in [-0.4, -0.2) is 31.7 Å². The van der Waals surface area contributed by atoms with Gasteiger partial charge < -0.3 is 15.0 Å². The SMILES string of the molecule is COc1ccc(C2C(C(=O)Nc3ccccc3)=C(C)N=c3s/c(=C/c4ccc(N(C)C)cc4)c(=O)n32)cc1. The Morgan fingerprint density at radius 3 is 2.34 bits per heavy atom. The summed E-state index contributed by atoms with van der Waals surface area (Å²) in [5, 5.41) is 2.97. The van der Waals surface area contributed by atoms with Crippen LogP contribution < -0.4 is 29.8 Å². The van der Waals surface area contributed by atoms with Gasteiger partial charge in [0.15, 0.2) is 4.80 Å². The second kappa shape index (κ2) is 10.5. The standard InChI is InChI=1S/C30H28N4O3S/c1-19-26(28(35)32-22-8-6-5-7-9-22)27(21-12-16-24(37-4)17-13-21)34-29(36)25(38-30(34)31-19)18-20-10-14-23(15-11-20)33(2)3/h5-18,27H,1-4H3,(H,32,35)/b25-18+. The lowest BCUT2D eigenvalue weighted by molar-refractivity contribution is -0.113. The molecular weight excluding hydrogens is 496 g/mol. The number of anilines is 2. The number of hydrogen-bond donors (Lipinski definition) is 1. The summed E-state index contributed by atoms with van der Waals surface area (Å²) in [5.41, 5.74) is 4.26. The monoisotopic (exact) mass is 524 g/mol. The van der Waals surface area contributed by atoms with Crippen LogP contribution in [0.3, 0.4) is 0 Å². The molecule has 0 aliphatic carbocycles. The van der Waals surface area contributed by atoms with E-state index < -0.39 is 6.04 Å². The van der Waals surface area contributed by atoms with E-state index in [1.165, 1.54) is 11.3 Å². The Morgan fingerprint density at radius 2 is 1.71 bits per heavy atom. The molecule has 1 N–H and O–H groups in total. The quantitative estimate of drug-likeness (QED) is 0.415. The van der Waals surface area contributed by atoms with Crippen molar-refractivity contribution in [2.24, 2.45) is 4.99 Å². The first-order valence-electron chi connectivity index (χ1n) is 12.2. The second-order valence-corrected chi connectivity index (χ2v) is 10.2. The van der Waals surface area contributed by atoms with Gasteiger partial charge in [0.2, 0.25) is 0 Å². The molecule has 2 heterocycles. The smallest absolute Gasteiger partial charge is 0.271 e. The first-order chi connectivity index (χ1) is 18.4. The molecule has 0 spiro atoms. The Balaban J connectivity index is 1.64. The Labute approximate surface area is 224 Å². The molecule has 0 fully saturated rings. The number of allylic oxidation sites excluding steroid dienone is 1. The van der Waals surface area contributed by atoms with E-state index in [0.29, 0.717) is 32.0 Å². The summed E-state index contributed by atoms with van der Waals surface area (Å²) in [6, 6.07) is 24.0. The third-order valence-corrected chi connectivity index (χ3v) is 7.42. The van der Waals surface area contributed by atoms with Gasteiger partial charge in [0.05, 0.1) is 29.0 Å². The maximum Gasteiger partial charge on any atom is 0.271 e. The number of carbonyl (C=O) groups excluding carboxylic acids is 1. The average Bonchev–Trinajstić information content (AvgIpc) is 3.22. The Kier molecular flexibility index (Phi) is 6.98. The first kappa shape index (κ1) is 25.2. The summed E-state index contributed by atoms with van der Waals surface area (Å²) in [4.78, 5) is 34.7. The molecule has 38 heavy (non-hydrogen) atoms. The van der Waals surface area contributed by atoms with E-state index in [4.69, 9.17) is 9.73 Å². The van der Waals surface area contributed by atoms with E-state index in [-0.39, 0.29) is 11.5 Å². The van der Waals surface area contributed by atoms with Crippen molar-refractivity contribution in [2.75, 3.05) is 31.4 Å². The molecule has 0 saturated carbocycles. The summed E-state index contributed by atoms with van der Waals surface area (Å²) in [6.07, 6.45) is 1.87. The molecular formula is C30H28N4O3S. The predicted octanol–water partition coefficient (Wildman–Crippen LogP) is 3.95. The molecule has 1 aromatic heterocycles. The molecule has 1 aliphatic heterocycles. The number of para-hydroxylation sites is 1. The number of rotatable bonds is 6. The Bertz CT molecular complexity index is 1680. The van der Waals surface area contributed by atoms with Crippen LogP contribution in [0.1, 0.15) is 24.1 Å². The van der Waals surface area contributed by atoms with E-state index in [2.05, 4.69) is 5.32 Å². The third-order valence-electron chi connectivity index (χ3n) is 6.44. The lowest BCUT2D eigenvalue weighted by atomic mass is 9.95. The number of thiazole rings is 1. The lowest BCUT2D eigenvalue weighted by Crippen LogP contribution is -2.40. The lowest BCUT2D eigenvalue weighted by Gasteiger charge is -2.25. The molecule has 192 valence electrons. The maximum atomic E-state index is 13.8. The Hall–Kier alpha value is -4.43. The molecule has 1 aliphatic rings. The van der Waals surface area contributed by atoms with Crippen LogP contribution in [0.5, 0.6) is 5.75 Å². The van der Waals surface area contributed by atoms with Gasteiger partial charge in [-0.05, 0) is 60.5 Å². The number of carbonyl (C=O) groups is 1. The highest BCUT2D eigenvalue weighted by Gasteiger charge is 2.32. The van der Waals surface area contributed by atoms with Gasteiger partial charge in [0.1, 0.15) is 5.75 Å². The minimum atomic E-state index is -0.640. The molecule has 0 saturated heterocycles. The number of hydrogen-bond acceptors (Lipinski definition) is 6. The van der Waals surface area contributed by atoms with Crippen molar-refractivity contribution < 1.29 is 9.53 Å². The summed E-state index contributed by atoms with van der Waals surface area (Å²) < 4.78 is 7.51. The van der Waals surface area contributed by atoms with Crippen LogP contribution in [0.25, 0.3) is 6.08 Å². The predicted molar refractivity (Wildman–Crippen MR) is 153 cm³/mol. The van der Waals surface area contributed by atoms with Crippen LogP contribution in [0.2, 0.25) is 0 Å². The highest BCUT2D eigenvalue weighted by atomic mass is 32.1. The minimum Gasteiger partial charge on any atom is -0.497 e. The van der Waals surface area contributed by atoms with Gasteiger partial charge in [-0.1, -0.05) is 53.8 Å². The normalized spacial score (nSPS) is 15.1. The molecule has 3 aromatic carbocycles. The summed E-state index contributed by atoms with van der Waals surface area (Å²) in [6.45, 7) is 1.81.